The molecular formula is C11H11N5O3S. The molecule has 3 aromatic rings. The number of carbonyl (C=O) groups excluding carboxylic acids is 1. The fourth-order valence-corrected chi connectivity index (χ4v) is 2.85. The summed E-state index contributed by atoms with van der Waals surface area (Å²) in [4.78, 5) is 30.8. The molecule has 1 amide bonds. The van der Waals surface area contributed by atoms with Crippen LogP contribution in [0.3, 0.4) is 0 Å². The molecule has 3 heterocycles. The number of aryl methyl sites for hydroxylation is 1. The van der Waals surface area contributed by atoms with E-state index in [1.807, 2.05) is 17.5 Å². The zero-order chi connectivity index (χ0) is 14.1. The van der Waals surface area contributed by atoms with Gasteiger partial charge < -0.3 is 5.32 Å². The summed E-state index contributed by atoms with van der Waals surface area (Å²) in [6.45, 7) is 2.23. The molecular weight excluding hydrogens is 282 g/mol. The van der Waals surface area contributed by atoms with E-state index in [4.69, 9.17) is 0 Å². The fourth-order valence-electron chi connectivity index (χ4n) is 1.85. The molecule has 0 aromatic carbocycles. The lowest BCUT2D eigenvalue weighted by atomic mass is 10.3. The Labute approximate surface area is 116 Å². The molecule has 0 aliphatic rings. The van der Waals surface area contributed by atoms with Crippen molar-refractivity contribution in [2.45, 2.75) is 13.3 Å². The van der Waals surface area contributed by atoms with Crippen molar-refractivity contribution < 1.29 is 9.32 Å². The summed E-state index contributed by atoms with van der Waals surface area (Å²) < 4.78 is 6.24. The number of fused-ring (bicyclic) bond motifs is 1. The topological polar surface area (TPSA) is 105 Å². The molecule has 0 saturated carbocycles. The van der Waals surface area contributed by atoms with Crippen molar-refractivity contribution in [1.29, 1.82) is 0 Å². The van der Waals surface area contributed by atoms with Crippen molar-refractivity contribution >= 4 is 22.2 Å². The Morgan fingerprint density at radius 2 is 2.45 bits per heavy atom. The molecule has 9 heteroatoms. The minimum atomic E-state index is -0.596. The highest BCUT2D eigenvalue weighted by atomic mass is 32.1. The minimum Gasteiger partial charge on any atom is -0.351 e. The zero-order valence-electron chi connectivity index (χ0n) is 10.5. The molecule has 20 heavy (non-hydrogen) atoms. The van der Waals surface area contributed by atoms with Crippen LogP contribution in [0, 0.1) is 6.92 Å². The monoisotopic (exact) mass is 293 g/mol. The second kappa shape index (κ2) is 4.93. The third kappa shape index (κ3) is 2.23. The zero-order valence-corrected chi connectivity index (χ0v) is 11.4. The van der Waals surface area contributed by atoms with Crippen LogP contribution in [0.4, 0.5) is 0 Å². The maximum absolute atomic E-state index is 12.1. The van der Waals surface area contributed by atoms with Gasteiger partial charge in [-0.3, -0.25) is 18.7 Å². The number of carbonyl (C=O) groups is 1. The van der Waals surface area contributed by atoms with Gasteiger partial charge in [0.1, 0.15) is 4.88 Å². The van der Waals surface area contributed by atoms with E-state index in [1.165, 1.54) is 11.3 Å². The molecule has 0 aliphatic carbocycles. The van der Waals surface area contributed by atoms with Gasteiger partial charge in [0.05, 0.1) is 0 Å². The molecule has 3 aromatic heterocycles. The number of imidazole rings is 1. The molecule has 0 saturated heterocycles. The second-order valence-corrected chi connectivity index (χ2v) is 5.12. The average molecular weight is 293 g/mol. The van der Waals surface area contributed by atoms with E-state index < -0.39 is 5.76 Å². The minimum absolute atomic E-state index is 0.163. The van der Waals surface area contributed by atoms with Crippen LogP contribution < -0.4 is 11.1 Å². The van der Waals surface area contributed by atoms with Crippen LogP contribution in [0.15, 0.2) is 21.7 Å². The van der Waals surface area contributed by atoms with Crippen LogP contribution >= 0.6 is 11.3 Å². The summed E-state index contributed by atoms with van der Waals surface area (Å²) in [5.74, 6) is -0.349. The molecule has 104 valence electrons. The van der Waals surface area contributed by atoms with Crippen molar-refractivity contribution in [3.05, 3.63) is 39.3 Å². The molecule has 0 atom stereocenters. The van der Waals surface area contributed by atoms with Crippen molar-refractivity contribution in [2.75, 3.05) is 6.54 Å². The van der Waals surface area contributed by atoms with Gasteiger partial charge in [0.2, 0.25) is 0 Å². The largest absolute Gasteiger partial charge is 0.438 e. The molecule has 0 unspecified atom stereocenters. The number of rotatable bonds is 4. The first-order valence-corrected chi connectivity index (χ1v) is 6.72. The Balaban J connectivity index is 1.65. The molecule has 0 radical (unpaired) electrons. The lowest BCUT2D eigenvalue weighted by molar-refractivity contribution is 0.0957. The smallest absolute Gasteiger partial charge is 0.351 e. The van der Waals surface area contributed by atoms with Crippen molar-refractivity contribution in [3.8, 4) is 0 Å². The van der Waals surface area contributed by atoms with Crippen LogP contribution in [-0.4, -0.2) is 32.0 Å². The summed E-state index contributed by atoms with van der Waals surface area (Å²) in [7, 11) is 0. The highest BCUT2D eigenvalue weighted by Crippen LogP contribution is 2.21. The standard InChI is InChI=1S/C11H11N5O3S/c1-6-8(20-10-13-4-5-16(6)10)9(17)12-3-2-7-14-11(18)19-15-7/h4-5H,2-3H2,1H3,(H,12,17)(H,14,15,18). The normalized spacial score (nSPS) is 11.1. The molecule has 0 fully saturated rings. The van der Waals surface area contributed by atoms with Crippen molar-refractivity contribution in [3.63, 3.8) is 0 Å². The Morgan fingerprint density at radius 1 is 1.60 bits per heavy atom. The number of nitrogens with one attached hydrogen (secondary N) is 2. The fraction of sp³-hybridized carbons (Fsp3) is 0.273. The van der Waals surface area contributed by atoms with E-state index in [0.29, 0.717) is 23.7 Å². The van der Waals surface area contributed by atoms with Crippen LogP contribution in [0.1, 0.15) is 21.2 Å². The second-order valence-electron chi connectivity index (χ2n) is 4.14. The first kappa shape index (κ1) is 12.6. The van der Waals surface area contributed by atoms with Gasteiger partial charge >= 0.3 is 5.76 Å². The lowest BCUT2D eigenvalue weighted by Crippen LogP contribution is -2.26. The van der Waals surface area contributed by atoms with Crippen molar-refractivity contribution in [2.24, 2.45) is 0 Å². The van der Waals surface area contributed by atoms with Gasteiger partial charge in [0.15, 0.2) is 10.8 Å². The highest BCUT2D eigenvalue weighted by molar-refractivity contribution is 7.19. The summed E-state index contributed by atoms with van der Waals surface area (Å²) >= 11 is 1.34. The number of nitrogens with zero attached hydrogens (tertiary/aromatic N) is 3. The third-order valence-electron chi connectivity index (χ3n) is 2.83. The van der Waals surface area contributed by atoms with E-state index in [2.05, 4.69) is 25.0 Å². The molecule has 3 rings (SSSR count). The number of amides is 1. The molecule has 0 spiro atoms. The van der Waals surface area contributed by atoms with Gasteiger partial charge in [-0.15, -0.1) is 0 Å². The first-order valence-electron chi connectivity index (χ1n) is 5.90. The van der Waals surface area contributed by atoms with Gasteiger partial charge in [-0.25, -0.2) is 9.78 Å². The Bertz CT molecular complexity index is 811. The predicted molar refractivity (Wildman–Crippen MR) is 71.0 cm³/mol. The average Bonchev–Trinajstić information content (AvgIpc) is 3.09. The van der Waals surface area contributed by atoms with Gasteiger partial charge in [-0.2, -0.15) is 0 Å². The Kier molecular flexibility index (Phi) is 3.11. The van der Waals surface area contributed by atoms with E-state index in [1.54, 1.807) is 6.20 Å². The van der Waals surface area contributed by atoms with E-state index >= 15 is 0 Å². The number of thiazole rings is 1. The summed E-state index contributed by atoms with van der Waals surface area (Å²) in [5.41, 5.74) is 0.856. The van der Waals surface area contributed by atoms with Crippen LogP contribution in [0.5, 0.6) is 0 Å². The number of aromatic nitrogens is 4. The Morgan fingerprint density at radius 3 is 3.15 bits per heavy atom. The van der Waals surface area contributed by atoms with E-state index in [0.717, 1.165) is 10.7 Å². The van der Waals surface area contributed by atoms with Gasteiger partial charge in [0, 0.05) is 31.1 Å². The summed E-state index contributed by atoms with van der Waals surface area (Å²) in [6, 6.07) is 0. The maximum atomic E-state index is 12.1. The van der Waals surface area contributed by atoms with E-state index in [9.17, 15) is 9.59 Å². The third-order valence-corrected chi connectivity index (χ3v) is 4.00. The van der Waals surface area contributed by atoms with E-state index in [-0.39, 0.29) is 5.91 Å². The van der Waals surface area contributed by atoms with Gasteiger partial charge in [-0.05, 0) is 6.92 Å². The SMILES string of the molecule is Cc1c(C(=O)NCCc2noc(=O)[nH]2)sc2nccn12. The first-order chi connectivity index (χ1) is 9.65. The van der Waals surface area contributed by atoms with Crippen LogP contribution in [0.25, 0.3) is 4.96 Å². The van der Waals surface area contributed by atoms with Gasteiger partial charge in [-0.1, -0.05) is 16.5 Å². The maximum Gasteiger partial charge on any atom is 0.438 e. The molecule has 0 aliphatic heterocycles. The molecule has 2 N–H and O–H groups in total. The summed E-state index contributed by atoms with van der Waals surface area (Å²) in [6.07, 6.45) is 3.92. The molecule has 0 bridgehead atoms. The number of H-pyrrole nitrogens is 1. The lowest BCUT2D eigenvalue weighted by Gasteiger charge is -2.02. The quantitative estimate of drug-likeness (QED) is 0.722. The predicted octanol–water partition coefficient (Wildman–Crippen LogP) is 0.353. The Hall–Kier alpha value is -2.42. The van der Waals surface area contributed by atoms with Gasteiger partial charge in [0.25, 0.3) is 5.91 Å². The number of hydrogen-bond donors (Lipinski definition) is 2. The van der Waals surface area contributed by atoms with Crippen LogP contribution in [-0.2, 0) is 6.42 Å². The highest BCUT2D eigenvalue weighted by Gasteiger charge is 2.15. The summed E-state index contributed by atoms with van der Waals surface area (Å²) in [5, 5.41) is 6.30. The number of aromatic amines is 1. The molecule has 8 nitrogen and oxygen atoms in total. The van der Waals surface area contributed by atoms with Crippen LogP contribution in [0.2, 0.25) is 0 Å². The number of hydrogen-bond acceptors (Lipinski definition) is 6. The van der Waals surface area contributed by atoms with Crippen molar-refractivity contribution in [1.82, 2.24) is 24.8 Å².